The van der Waals surface area contributed by atoms with Gasteiger partial charge < -0.3 is 9.84 Å². The summed E-state index contributed by atoms with van der Waals surface area (Å²) in [7, 11) is 0. The van der Waals surface area contributed by atoms with Crippen LogP contribution in [0.2, 0.25) is 0 Å². The topological polar surface area (TPSA) is 46.5 Å². The van der Waals surface area contributed by atoms with Gasteiger partial charge in [-0.1, -0.05) is 12.1 Å². The third kappa shape index (κ3) is 2.53. The van der Waals surface area contributed by atoms with E-state index in [1.54, 1.807) is 0 Å². The van der Waals surface area contributed by atoms with Crippen molar-refractivity contribution in [2.24, 2.45) is 0 Å². The van der Waals surface area contributed by atoms with Gasteiger partial charge in [-0.2, -0.15) is 39.5 Å². The van der Waals surface area contributed by atoms with Crippen LogP contribution in [0.4, 0.5) is 39.5 Å². The molecule has 0 spiro atoms. The highest BCUT2D eigenvalue weighted by molar-refractivity contribution is 6.00. The zero-order chi connectivity index (χ0) is 19.5. The third-order valence-corrected chi connectivity index (χ3v) is 3.50. The Morgan fingerprint density at radius 1 is 0.920 bits per heavy atom. The average molecular weight is 382 g/mol. The van der Waals surface area contributed by atoms with Crippen LogP contribution < -0.4 is 4.74 Å². The van der Waals surface area contributed by atoms with E-state index in [-0.39, 0.29) is 0 Å². The van der Waals surface area contributed by atoms with Crippen LogP contribution in [-0.4, -0.2) is 40.6 Å². The summed E-state index contributed by atoms with van der Waals surface area (Å²) >= 11 is 0. The summed E-state index contributed by atoms with van der Waals surface area (Å²) in [5, 5.41) is 9.61. The molecule has 3 nitrogen and oxygen atoms in total. The molecular formula is C13H7F9O3. The van der Waals surface area contributed by atoms with Gasteiger partial charge in [0, 0.05) is 0 Å². The lowest BCUT2D eigenvalue weighted by Crippen LogP contribution is -2.71. The fraction of sp³-hybridized carbons (Fsp3) is 0.462. The number of hydrogen-bond donors (Lipinski definition) is 1. The summed E-state index contributed by atoms with van der Waals surface area (Å²) in [4.78, 5) is 11.7. The monoisotopic (exact) mass is 382 g/mol. The molecule has 0 aliphatic carbocycles. The molecule has 12 heteroatoms. The summed E-state index contributed by atoms with van der Waals surface area (Å²) in [6, 6.07) is 4.05. The summed E-state index contributed by atoms with van der Waals surface area (Å²) in [5.74, 6) is -27.7. The van der Waals surface area contributed by atoms with Gasteiger partial charge in [-0.05, 0) is 12.1 Å². The van der Waals surface area contributed by atoms with E-state index in [0.717, 1.165) is 18.2 Å². The summed E-state index contributed by atoms with van der Waals surface area (Å²) in [6.07, 6.45) is -9.01. The lowest BCUT2D eigenvalue weighted by molar-refractivity contribution is -0.435. The van der Waals surface area contributed by atoms with Crippen molar-refractivity contribution in [2.45, 2.75) is 36.2 Å². The molecule has 0 saturated heterocycles. The first-order valence-corrected chi connectivity index (χ1v) is 6.32. The highest BCUT2D eigenvalue weighted by atomic mass is 19.4. The fourth-order valence-electron chi connectivity index (χ4n) is 2.11. The fourth-order valence-corrected chi connectivity index (χ4v) is 2.11. The van der Waals surface area contributed by atoms with E-state index >= 15 is 0 Å². The first-order valence-electron chi connectivity index (χ1n) is 6.32. The molecule has 140 valence electrons. The van der Waals surface area contributed by atoms with Crippen molar-refractivity contribution in [1.29, 1.82) is 0 Å². The molecule has 0 radical (unpaired) electrons. The first-order chi connectivity index (χ1) is 11.1. The largest absolute Gasteiger partial charge is 0.460 e. The van der Waals surface area contributed by atoms with E-state index in [0.29, 0.717) is 0 Å². The van der Waals surface area contributed by atoms with E-state index in [1.165, 1.54) is 6.07 Å². The van der Waals surface area contributed by atoms with Crippen molar-refractivity contribution in [2.75, 3.05) is 0 Å². The minimum absolute atomic E-state index is 0.436. The first kappa shape index (κ1) is 19.3. The van der Waals surface area contributed by atoms with E-state index in [9.17, 15) is 49.4 Å². The van der Waals surface area contributed by atoms with Gasteiger partial charge in [-0.25, -0.2) is 0 Å². The smallest absolute Gasteiger partial charge is 0.454 e. The molecule has 0 amide bonds. The molecular weight excluding hydrogens is 375 g/mol. The number of para-hydroxylation sites is 1. The maximum absolute atomic E-state index is 13.9. The van der Waals surface area contributed by atoms with Gasteiger partial charge in [-0.3, -0.25) is 4.79 Å². The molecule has 1 aliphatic rings. The van der Waals surface area contributed by atoms with E-state index < -0.39 is 53.2 Å². The molecule has 1 heterocycles. The number of ether oxygens (including phenoxy) is 1. The van der Waals surface area contributed by atoms with Crippen LogP contribution in [-0.2, 0) is 0 Å². The second-order valence-electron chi connectivity index (χ2n) is 5.20. The Labute approximate surface area is 133 Å². The predicted octanol–water partition coefficient (Wildman–Crippen LogP) is 3.81. The number of carbonyl (C=O) groups excluding carboxylic acids is 1. The van der Waals surface area contributed by atoms with Gasteiger partial charge in [0.25, 0.3) is 5.79 Å². The van der Waals surface area contributed by atoms with Crippen molar-refractivity contribution in [3.05, 3.63) is 29.8 Å². The number of hydrogen-bond acceptors (Lipinski definition) is 3. The quantitative estimate of drug-likeness (QED) is 0.809. The highest BCUT2D eigenvalue weighted by Crippen LogP contribution is 2.57. The zero-order valence-corrected chi connectivity index (χ0v) is 11.7. The molecule has 0 aromatic heterocycles. The van der Waals surface area contributed by atoms with Crippen LogP contribution in [0.15, 0.2) is 24.3 Å². The number of halogens is 9. The second kappa shape index (κ2) is 5.26. The minimum Gasteiger partial charge on any atom is -0.454 e. The number of carbonyl (C=O) groups is 1. The molecule has 1 aromatic rings. The third-order valence-electron chi connectivity index (χ3n) is 3.50. The molecule has 1 N–H and O–H groups in total. The minimum atomic E-state index is -7.21. The number of benzene rings is 1. The van der Waals surface area contributed by atoms with Gasteiger partial charge in [0.2, 0.25) is 0 Å². The number of ketones is 1. The molecule has 0 bridgehead atoms. The number of fused-ring (bicyclic) bond motifs is 1. The molecule has 25 heavy (non-hydrogen) atoms. The van der Waals surface area contributed by atoms with Crippen molar-refractivity contribution in [3.63, 3.8) is 0 Å². The SMILES string of the molecule is O=C1C[C@](O)(C(F)(F)C(F)(F)C(F)(F)C(F)(F)F)Oc2ccccc21. The van der Waals surface area contributed by atoms with Crippen molar-refractivity contribution in [3.8, 4) is 5.75 Å². The van der Waals surface area contributed by atoms with Crippen LogP contribution >= 0.6 is 0 Å². The number of Topliss-reactive ketones (excluding diaryl/α,β-unsaturated/α-hetero) is 1. The average Bonchev–Trinajstić information content (AvgIpc) is 2.45. The molecule has 0 fully saturated rings. The maximum atomic E-state index is 13.9. The molecule has 1 aromatic carbocycles. The summed E-state index contributed by atoms with van der Waals surface area (Å²) in [6.45, 7) is 0. The number of aliphatic hydroxyl groups is 1. The normalized spacial score (nSPS) is 22.4. The van der Waals surface area contributed by atoms with E-state index in [2.05, 4.69) is 4.74 Å². The number of rotatable bonds is 3. The van der Waals surface area contributed by atoms with Crippen LogP contribution in [0.5, 0.6) is 5.75 Å². The van der Waals surface area contributed by atoms with Crippen LogP contribution in [0.3, 0.4) is 0 Å². The molecule has 0 unspecified atom stereocenters. The second-order valence-corrected chi connectivity index (χ2v) is 5.20. The Balaban J connectivity index is 2.54. The Hall–Kier alpha value is -1.98. The Kier molecular flexibility index (Phi) is 4.07. The van der Waals surface area contributed by atoms with Gasteiger partial charge in [0.1, 0.15) is 5.75 Å². The zero-order valence-electron chi connectivity index (χ0n) is 11.7. The van der Waals surface area contributed by atoms with Crippen molar-refractivity contribution < 1.29 is 54.2 Å². The Morgan fingerprint density at radius 2 is 1.44 bits per heavy atom. The van der Waals surface area contributed by atoms with Crippen LogP contribution in [0.1, 0.15) is 16.8 Å². The van der Waals surface area contributed by atoms with Crippen LogP contribution in [0.25, 0.3) is 0 Å². The summed E-state index contributed by atoms with van der Waals surface area (Å²) < 4.78 is 121. The van der Waals surface area contributed by atoms with Gasteiger partial charge in [0.05, 0.1) is 12.0 Å². The summed E-state index contributed by atoms with van der Waals surface area (Å²) in [5.41, 5.74) is -0.436. The van der Waals surface area contributed by atoms with E-state index in [1.807, 2.05) is 0 Å². The molecule has 1 aliphatic heterocycles. The maximum Gasteiger partial charge on any atom is 0.460 e. The highest BCUT2D eigenvalue weighted by Gasteiger charge is 2.87. The molecule has 2 rings (SSSR count). The van der Waals surface area contributed by atoms with Gasteiger partial charge in [-0.15, -0.1) is 0 Å². The Bertz CT molecular complexity index is 698. The lowest BCUT2D eigenvalue weighted by atomic mass is 9.88. The standard InChI is InChI=1S/C13H7F9O3/c14-10(15,11(16,17)12(18,19)13(20,21)22)9(24)5-7(23)6-3-1-2-4-8(6)25-9/h1-4,24H,5H2/t9-/m1/s1. The van der Waals surface area contributed by atoms with Gasteiger partial charge >= 0.3 is 23.9 Å². The molecule has 1 atom stereocenters. The van der Waals surface area contributed by atoms with Crippen LogP contribution in [0, 0.1) is 0 Å². The number of alkyl halides is 9. The van der Waals surface area contributed by atoms with Crippen molar-refractivity contribution >= 4 is 5.78 Å². The Morgan fingerprint density at radius 3 is 1.96 bits per heavy atom. The van der Waals surface area contributed by atoms with E-state index in [4.69, 9.17) is 0 Å². The molecule has 0 saturated carbocycles. The predicted molar refractivity (Wildman–Crippen MR) is 61.9 cm³/mol. The lowest BCUT2D eigenvalue weighted by Gasteiger charge is -2.43. The van der Waals surface area contributed by atoms with Crippen molar-refractivity contribution in [1.82, 2.24) is 0 Å². The van der Waals surface area contributed by atoms with Gasteiger partial charge in [0.15, 0.2) is 5.78 Å².